The summed E-state index contributed by atoms with van der Waals surface area (Å²) < 4.78 is 0. The van der Waals surface area contributed by atoms with Crippen molar-refractivity contribution in [1.82, 2.24) is 5.32 Å². The highest BCUT2D eigenvalue weighted by Crippen LogP contribution is 2.75. The third kappa shape index (κ3) is 5.15. The van der Waals surface area contributed by atoms with Crippen molar-refractivity contribution in [2.24, 2.45) is 57.1 Å². The Labute approximate surface area is 295 Å². The lowest BCUT2D eigenvalue weighted by Crippen LogP contribution is -2.68. The molecule has 1 aromatic carbocycles. The second-order valence-corrected chi connectivity index (χ2v) is 20.6. The molecule has 11 bridgehead atoms. The van der Waals surface area contributed by atoms with Crippen LogP contribution in [0.2, 0.25) is 0 Å². The molecule has 4 heterocycles. The molecule has 6 nitrogen and oxygen atoms in total. The Morgan fingerprint density at radius 3 is 2.87 bits per heavy atom. The van der Waals surface area contributed by atoms with Crippen LogP contribution in [0.25, 0.3) is 0 Å². The zero-order valence-corrected chi connectivity index (χ0v) is 30.6. The van der Waals surface area contributed by atoms with Crippen molar-refractivity contribution in [3.05, 3.63) is 58.7 Å². The lowest BCUT2D eigenvalue weighted by Gasteiger charge is -2.57. The van der Waals surface area contributed by atoms with Gasteiger partial charge in [0.2, 0.25) is 0 Å². The molecule has 10 heteroatoms. The van der Waals surface area contributed by atoms with Gasteiger partial charge < -0.3 is 21.3 Å². The van der Waals surface area contributed by atoms with Crippen molar-refractivity contribution in [3.63, 3.8) is 0 Å². The van der Waals surface area contributed by atoms with E-state index in [1.54, 1.807) is 0 Å². The van der Waals surface area contributed by atoms with E-state index in [0.29, 0.717) is 30.6 Å². The Balaban J connectivity index is 1.28. The Morgan fingerprint density at radius 2 is 2.02 bits per heavy atom. The SMILES string of the molecule is C[C@]12CCSSC[C@@]34NC(N)=NC[C@@H]3[C@H]3C=C[C@H]4[C@@H](CSSCc4cccc3c4)CC3=C4C[C@H]1C[C@H](CO)[C@@H](CCCO)[C@@]42CC3=O. The van der Waals surface area contributed by atoms with Crippen molar-refractivity contribution >= 4 is 54.9 Å². The molecule has 10 atom stereocenters. The molecule has 0 aromatic heterocycles. The highest BCUT2D eigenvalue weighted by molar-refractivity contribution is 8.76. The molecule has 0 amide bonds. The van der Waals surface area contributed by atoms with Crippen molar-refractivity contribution in [2.75, 3.05) is 37.0 Å². The van der Waals surface area contributed by atoms with Gasteiger partial charge in [-0.25, -0.2) is 0 Å². The maximum Gasteiger partial charge on any atom is 0.189 e. The number of benzene rings is 1. The average molecular weight is 712 g/mol. The molecule has 4 aliphatic heterocycles. The van der Waals surface area contributed by atoms with E-state index in [0.717, 1.165) is 67.1 Å². The fourth-order valence-corrected chi connectivity index (χ4v) is 16.9. The van der Waals surface area contributed by atoms with Crippen molar-refractivity contribution < 1.29 is 15.0 Å². The van der Waals surface area contributed by atoms with E-state index in [2.05, 4.69) is 48.7 Å². The van der Waals surface area contributed by atoms with E-state index in [1.165, 1.54) is 16.7 Å². The third-order valence-corrected chi connectivity index (χ3v) is 18.7. The summed E-state index contributed by atoms with van der Waals surface area (Å²) in [6.07, 6.45) is 11.1. The summed E-state index contributed by atoms with van der Waals surface area (Å²) >= 11 is 0. The summed E-state index contributed by atoms with van der Waals surface area (Å²) in [6, 6.07) is 9.17. The number of carbonyl (C=O) groups excluding carboxylic acids is 1. The molecule has 2 fully saturated rings. The number of nitrogens with zero attached hydrogens (tertiary/aromatic N) is 1. The summed E-state index contributed by atoms with van der Waals surface area (Å²) in [4.78, 5) is 19.4. The van der Waals surface area contributed by atoms with Crippen LogP contribution in [0, 0.1) is 46.3 Å². The molecule has 2 saturated carbocycles. The fourth-order valence-electron chi connectivity index (χ4n) is 11.6. The number of Topliss-reactive ketones (excluding diaryl/α,β-unsaturated/α-hetero) is 1. The molecule has 0 unspecified atom stereocenters. The third-order valence-electron chi connectivity index (χ3n) is 13.8. The van der Waals surface area contributed by atoms with Crippen LogP contribution < -0.4 is 11.1 Å². The second kappa shape index (κ2) is 12.9. The molecule has 2 spiro atoms. The maximum atomic E-state index is 14.6. The van der Waals surface area contributed by atoms with Crippen molar-refractivity contribution in [3.8, 4) is 0 Å². The lowest BCUT2D eigenvalue weighted by atomic mass is 9.47. The van der Waals surface area contributed by atoms with Crippen molar-refractivity contribution in [2.45, 2.75) is 69.1 Å². The Morgan fingerprint density at radius 1 is 1.13 bits per heavy atom. The minimum Gasteiger partial charge on any atom is -0.396 e. The van der Waals surface area contributed by atoms with Gasteiger partial charge in [-0.3, -0.25) is 9.79 Å². The van der Waals surface area contributed by atoms with Gasteiger partial charge in [-0.15, -0.1) is 0 Å². The zero-order valence-electron chi connectivity index (χ0n) is 27.4. The number of allylic oxidation sites excluding steroid dienone is 3. The van der Waals surface area contributed by atoms with E-state index in [9.17, 15) is 15.0 Å². The summed E-state index contributed by atoms with van der Waals surface area (Å²) in [5, 5.41) is 24.5. The van der Waals surface area contributed by atoms with Crippen LogP contribution in [0.15, 0.2) is 52.6 Å². The molecule has 254 valence electrons. The topological polar surface area (TPSA) is 108 Å². The van der Waals surface area contributed by atoms with Crippen LogP contribution in [0.1, 0.15) is 68.9 Å². The molecule has 8 aliphatic rings. The summed E-state index contributed by atoms with van der Waals surface area (Å²) in [6.45, 7) is 3.55. The Kier molecular flexibility index (Phi) is 9.12. The average Bonchev–Trinajstić information content (AvgIpc) is 3.39. The van der Waals surface area contributed by atoms with E-state index in [-0.39, 0.29) is 65.1 Å². The van der Waals surface area contributed by atoms with Gasteiger partial charge >= 0.3 is 0 Å². The number of guanidine groups is 1. The van der Waals surface area contributed by atoms with Gasteiger partial charge in [0.25, 0.3) is 0 Å². The lowest BCUT2D eigenvalue weighted by molar-refractivity contribution is -0.125. The molecule has 1 aromatic rings. The minimum absolute atomic E-state index is 0.0226. The second-order valence-electron chi connectivity index (χ2n) is 15.5. The first-order valence-corrected chi connectivity index (χ1v) is 22.6. The zero-order chi connectivity index (χ0) is 32.4. The maximum absolute atomic E-state index is 14.6. The van der Waals surface area contributed by atoms with E-state index in [4.69, 9.17) is 10.7 Å². The number of ketones is 1. The molecule has 0 saturated heterocycles. The molecule has 0 radical (unpaired) electrons. The van der Waals surface area contributed by atoms with E-state index in [1.807, 2.05) is 43.2 Å². The number of hydrogen-bond donors (Lipinski definition) is 4. The van der Waals surface area contributed by atoms with Crippen molar-refractivity contribution in [1.29, 1.82) is 0 Å². The number of aliphatic hydroxyl groups is 2. The first-order valence-electron chi connectivity index (χ1n) is 17.7. The summed E-state index contributed by atoms with van der Waals surface area (Å²) in [7, 11) is 7.92. The van der Waals surface area contributed by atoms with Crippen LogP contribution >= 0.6 is 43.2 Å². The van der Waals surface area contributed by atoms with Crippen LogP contribution in [-0.4, -0.2) is 64.5 Å². The van der Waals surface area contributed by atoms with E-state index >= 15 is 0 Å². The van der Waals surface area contributed by atoms with Crippen LogP contribution in [0.5, 0.6) is 0 Å². The van der Waals surface area contributed by atoms with Gasteiger partial charge in [-0.2, -0.15) is 0 Å². The molecular weight excluding hydrogens is 663 g/mol. The smallest absolute Gasteiger partial charge is 0.189 e. The number of fused-ring (bicyclic) bond motifs is 3. The number of nitrogens with one attached hydrogen (secondary N) is 1. The largest absolute Gasteiger partial charge is 0.396 e. The number of aliphatic hydroxyl groups excluding tert-OH is 2. The Hall–Kier alpha value is -1.04. The molecule has 9 rings (SSSR count). The number of hydrogen-bond acceptors (Lipinski definition) is 10. The van der Waals surface area contributed by atoms with Gasteiger partial charge in [0.1, 0.15) is 0 Å². The number of aliphatic imine (C=N–C) groups is 1. The first-order chi connectivity index (χ1) is 22.8. The standard InChI is InChI=1S/C37H49N3O3S4/c1-35-9-11-44-47-21-37-30-8-7-27(32(37)17-39-34(38)40-37)23-5-2-4-22(12-23)19-45-46-20-25(30)14-28-31-15-26(35)13-24(18-42)29(6-3-10-41)36(31,35)16-33(28)43/h2,4-5,7-8,12,24-27,29-30,32,41-42H,3,6,9-11,13-21H2,1H3,(H3,38,39,40)/t24-,25-,26-,27+,29-,30+,32-,35+,36+,37+/m1/s1. The highest BCUT2D eigenvalue weighted by atomic mass is 33.1. The van der Waals surface area contributed by atoms with Gasteiger partial charge in [0.15, 0.2) is 11.7 Å². The number of rotatable bonds is 4. The molecular formula is C37H49N3O3S4. The van der Waals surface area contributed by atoms with Gasteiger partial charge in [-0.1, -0.05) is 92.1 Å². The van der Waals surface area contributed by atoms with Gasteiger partial charge in [-0.05, 0) is 84.3 Å². The molecule has 47 heavy (non-hydrogen) atoms. The normalized spacial score (nSPS) is 42.7. The highest BCUT2D eigenvalue weighted by Gasteiger charge is 2.70. The quantitative estimate of drug-likeness (QED) is 0.203. The first kappa shape index (κ1) is 33.1. The summed E-state index contributed by atoms with van der Waals surface area (Å²) in [5.41, 5.74) is 11.5. The fraction of sp³-hybridized carbons (Fsp3) is 0.676. The predicted molar refractivity (Wildman–Crippen MR) is 199 cm³/mol. The van der Waals surface area contributed by atoms with Crippen LogP contribution in [0.3, 0.4) is 0 Å². The van der Waals surface area contributed by atoms with Crippen LogP contribution in [0.4, 0.5) is 0 Å². The molecule has 4 aliphatic carbocycles. The molecule has 5 N–H and O–H groups in total. The number of nitrogens with two attached hydrogens (primary N) is 1. The predicted octanol–water partition coefficient (Wildman–Crippen LogP) is 6.60. The minimum atomic E-state index is -0.267. The number of carbonyl (C=O) groups is 1. The monoisotopic (exact) mass is 711 g/mol. The van der Waals surface area contributed by atoms with Gasteiger partial charge in [0.05, 0.1) is 5.54 Å². The Bertz CT molecular complexity index is 1500. The van der Waals surface area contributed by atoms with Gasteiger partial charge in [0, 0.05) is 72.4 Å². The summed E-state index contributed by atoms with van der Waals surface area (Å²) in [5.74, 6) is 6.77. The van der Waals surface area contributed by atoms with Crippen LogP contribution in [-0.2, 0) is 10.5 Å². The van der Waals surface area contributed by atoms with E-state index < -0.39 is 0 Å².